The van der Waals surface area contributed by atoms with E-state index in [-0.39, 0.29) is 0 Å². The summed E-state index contributed by atoms with van der Waals surface area (Å²) in [5.74, 6) is -0.447. The molecule has 1 fully saturated rings. The molecule has 8 heteroatoms. The Labute approximate surface area is 163 Å². The van der Waals surface area contributed by atoms with Gasteiger partial charge in [0.05, 0.1) is 13.2 Å². The van der Waals surface area contributed by atoms with Crippen LogP contribution in [0, 0.1) is 0 Å². The molecule has 1 aliphatic heterocycles. The summed E-state index contributed by atoms with van der Waals surface area (Å²) in [5, 5.41) is 9.68. The molecule has 0 unspecified atom stereocenters. The van der Waals surface area contributed by atoms with Gasteiger partial charge in [0.15, 0.2) is 11.3 Å². The first-order valence-electron chi connectivity index (χ1n) is 8.50. The summed E-state index contributed by atoms with van der Waals surface area (Å²) in [6.07, 6.45) is -1.50. The Bertz CT molecular complexity index is 770. The quantitative estimate of drug-likeness (QED) is 0.534. The molecular weight excluding hydrogens is 366 g/mol. The molecule has 2 aromatic rings. The second-order valence-corrected chi connectivity index (χ2v) is 6.22. The molecule has 3 N–H and O–H groups in total. The van der Waals surface area contributed by atoms with Crippen molar-refractivity contribution in [2.24, 2.45) is 0 Å². The maximum atomic E-state index is 11.2. The van der Waals surface area contributed by atoms with Gasteiger partial charge in [-0.05, 0) is 48.6 Å². The second-order valence-electron chi connectivity index (χ2n) is 5.81. The van der Waals surface area contributed by atoms with Gasteiger partial charge in [-0.15, -0.1) is 0 Å². The second kappa shape index (κ2) is 9.31. The van der Waals surface area contributed by atoms with Gasteiger partial charge in [0.2, 0.25) is 6.29 Å². The lowest BCUT2D eigenvalue weighted by molar-refractivity contribution is -0.244. The van der Waals surface area contributed by atoms with Crippen molar-refractivity contribution < 1.29 is 19.0 Å². The molecule has 1 saturated heterocycles. The van der Waals surface area contributed by atoms with Crippen LogP contribution in [0.25, 0.3) is 0 Å². The number of benzene rings is 2. The van der Waals surface area contributed by atoms with Gasteiger partial charge in [-0.25, -0.2) is 0 Å². The highest BCUT2D eigenvalue weighted by atomic mass is 32.1. The lowest BCUT2D eigenvalue weighted by atomic mass is 10.2. The van der Waals surface area contributed by atoms with Crippen LogP contribution in [0.5, 0.6) is 0 Å². The summed E-state index contributed by atoms with van der Waals surface area (Å²) in [6, 6.07) is 17.6. The molecule has 27 heavy (non-hydrogen) atoms. The number of para-hydroxylation sites is 1. The maximum absolute atomic E-state index is 11.2. The average Bonchev–Trinajstić information content (AvgIpc) is 2.65. The van der Waals surface area contributed by atoms with Gasteiger partial charge >= 0.3 is 5.97 Å². The number of esters is 1. The molecule has 0 spiro atoms. The number of carbonyl (C=O) groups excluding carboxylic acids is 1. The van der Waals surface area contributed by atoms with Crippen molar-refractivity contribution in [3.63, 3.8) is 0 Å². The van der Waals surface area contributed by atoms with Crippen molar-refractivity contribution in [1.29, 1.82) is 0 Å². The van der Waals surface area contributed by atoms with E-state index in [2.05, 4.69) is 16.0 Å². The van der Waals surface area contributed by atoms with Crippen molar-refractivity contribution in [3.05, 3.63) is 54.6 Å². The van der Waals surface area contributed by atoms with Gasteiger partial charge in [-0.3, -0.25) is 4.79 Å². The maximum Gasteiger partial charge on any atom is 0.305 e. The zero-order valence-corrected chi connectivity index (χ0v) is 15.6. The number of ether oxygens (including phenoxy) is 3. The van der Waals surface area contributed by atoms with E-state index in [9.17, 15) is 4.79 Å². The monoisotopic (exact) mass is 387 g/mol. The van der Waals surface area contributed by atoms with Crippen LogP contribution < -0.4 is 16.0 Å². The number of rotatable bonds is 5. The molecule has 0 saturated carbocycles. The number of carbonyl (C=O) groups is 1. The highest BCUT2D eigenvalue weighted by Gasteiger charge is 2.30. The highest BCUT2D eigenvalue weighted by molar-refractivity contribution is 7.80. The van der Waals surface area contributed by atoms with Crippen molar-refractivity contribution >= 4 is 40.4 Å². The van der Waals surface area contributed by atoms with E-state index in [1.165, 1.54) is 6.92 Å². The first kappa shape index (κ1) is 19.1. The summed E-state index contributed by atoms with van der Waals surface area (Å²) < 4.78 is 16.0. The van der Waals surface area contributed by atoms with E-state index in [1.807, 2.05) is 54.6 Å². The Morgan fingerprint density at radius 1 is 1.00 bits per heavy atom. The molecule has 1 heterocycles. The highest BCUT2D eigenvalue weighted by Crippen LogP contribution is 2.19. The van der Waals surface area contributed by atoms with Crippen LogP contribution >= 0.6 is 12.2 Å². The molecule has 0 radical (unpaired) electrons. The van der Waals surface area contributed by atoms with Crippen LogP contribution in [0.1, 0.15) is 6.92 Å². The lowest BCUT2D eigenvalue weighted by Crippen LogP contribution is -2.52. The number of hydrogen-bond acceptors (Lipinski definition) is 6. The van der Waals surface area contributed by atoms with Gasteiger partial charge in [-0.1, -0.05) is 18.2 Å². The van der Waals surface area contributed by atoms with Crippen LogP contribution in [0.4, 0.5) is 17.1 Å². The van der Waals surface area contributed by atoms with E-state index >= 15 is 0 Å². The van der Waals surface area contributed by atoms with E-state index in [0.717, 1.165) is 17.1 Å². The van der Waals surface area contributed by atoms with E-state index in [0.29, 0.717) is 18.3 Å². The standard InChI is InChI=1S/C19H21N3O4S/c1-13(23)26-18-17(24-11-12-25-18)22-19(27)21-16-9-7-15(8-10-16)20-14-5-3-2-4-6-14/h2-10,17-18,20H,11-12H2,1H3,(H2,21,22,27)/t17-,18+/m0/s1. The molecule has 0 aliphatic carbocycles. The van der Waals surface area contributed by atoms with Crippen LogP contribution in [0.2, 0.25) is 0 Å². The Morgan fingerprint density at radius 3 is 2.33 bits per heavy atom. The van der Waals surface area contributed by atoms with Gasteiger partial charge in [0, 0.05) is 24.0 Å². The normalized spacial score (nSPS) is 19.0. The van der Waals surface area contributed by atoms with E-state index < -0.39 is 18.5 Å². The first-order chi connectivity index (χ1) is 13.1. The fraction of sp³-hybridized carbons (Fsp3) is 0.263. The molecule has 0 bridgehead atoms. The number of anilines is 3. The molecule has 7 nitrogen and oxygen atoms in total. The molecule has 3 rings (SSSR count). The number of hydrogen-bond donors (Lipinski definition) is 3. The van der Waals surface area contributed by atoms with Crippen LogP contribution in [-0.2, 0) is 19.0 Å². The summed E-state index contributed by atoms with van der Waals surface area (Å²) in [7, 11) is 0. The Balaban J connectivity index is 1.53. The third-order valence-corrected chi connectivity index (χ3v) is 3.89. The van der Waals surface area contributed by atoms with Gasteiger partial charge in [0.25, 0.3) is 0 Å². The molecule has 0 aromatic heterocycles. The SMILES string of the molecule is CC(=O)O[C@H]1OCCO[C@@H]1NC(=S)Nc1ccc(Nc2ccccc2)cc1. The largest absolute Gasteiger partial charge is 0.431 e. The molecule has 2 atom stereocenters. The zero-order valence-electron chi connectivity index (χ0n) is 14.8. The fourth-order valence-corrected chi connectivity index (χ4v) is 2.73. The van der Waals surface area contributed by atoms with Crippen LogP contribution in [0.15, 0.2) is 54.6 Å². The molecule has 142 valence electrons. The van der Waals surface area contributed by atoms with E-state index in [4.69, 9.17) is 26.4 Å². The van der Waals surface area contributed by atoms with Crippen LogP contribution in [0.3, 0.4) is 0 Å². The minimum atomic E-state index is -0.839. The van der Waals surface area contributed by atoms with Gasteiger partial charge < -0.3 is 30.2 Å². The summed E-state index contributed by atoms with van der Waals surface area (Å²) >= 11 is 5.31. The van der Waals surface area contributed by atoms with Crippen molar-refractivity contribution in [3.8, 4) is 0 Å². The molecule has 2 aromatic carbocycles. The van der Waals surface area contributed by atoms with Gasteiger partial charge in [0.1, 0.15) is 0 Å². The average molecular weight is 387 g/mol. The predicted octanol–water partition coefficient (Wildman–Crippen LogP) is 2.98. The fourth-order valence-electron chi connectivity index (χ4n) is 2.50. The third-order valence-electron chi connectivity index (χ3n) is 3.67. The lowest BCUT2D eigenvalue weighted by Gasteiger charge is -2.32. The molecule has 1 aliphatic rings. The Hall–Kier alpha value is -2.68. The minimum Gasteiger partial charge on any atom is -0.431 e. The summed E-state index contributed by atoms with van der Waals surface area (Å²) in [6.45, 7) is 2.06. The van der Waals surface area contributed by atoms with Crippen LogP contribution in [-0.4, -0.2) is 36.8 Å². The number of thiocarbonyl (C=S) groups is 1. The molecule has 0 amide bonds. The smallest absolute Gasteiger partial charge is 0.305 e. The Morgan fingerprint density at radius 2 is 1.63 bits per heavy atom. The van der Waals surface area contributed by atoms with Crippen molar-refractivity contribution in [2.75, 3.05) is 23.8 Å². The first-order valence-corrected chi connectivity index (χ1v) is 8.91. The predicted molar refractivity (Wildman–Crippen MR) is 107 cm³/mol. The van der Waals surface area contributed by atoms with Crippen molar-refractivity contribution in [1.82, 2.24) is 5.32 Å². The van der Waals surface area contributed by atoms with Crippen molar-refractivity contribution in [2.45, 2.75) is 19.4 Å². The molecular formula is C19H21N3O4S. The minimum absolute atomic E-state index is 0.339. The topological polar surface area (TPSA) is 80.9 Å². The van der Waals surface area contributed by atoms with Gasteiger partial charge in [-0.2, -0.15) is 0 Å². The summed E-state index contributed by atoms with van der Waals surface area (Å²) in [4.78, 5) is 11.2. The number of nitrogens with one attached hydrogen (secondary N) is 3. The van der Waals surface area contributed by atoms with E-state index in [1.54, 1.807) is 0 Å². The zero-order chi connectivity index (χ0) is 19.1. The summed E-state index contributed by atoms with van der Waals surface area (Å²) in [5.41, 5.74) is 2.79. The third kappa shape index (κ3) is 5.92. The Kier molecular flexibility index (Phi) is 6.59.